The monoisotopic (exact) mass is 272 g/mol. The van der Waals surface area contributed by atoms with Gasteiger partial charge in [0.05, 0.1) is 0 Å². The molecule has 0 aliphatic heterocycles. The van der Waals surface area contributed by atoms with Gasteiger partial charge in [0, 0.05) is 37.9 Å². The Labute approximate surface area is 123 Å². The van der Waals surface area contributed by atoms with Gasteiger partial charge in [-0.25, -0.2) is 0 Å². The summed E-state index contributed by atoms with van der Waals surface area (Å²) in [6.07, 6.45) is 19.7. The van der Waals surface area contributed by atoms with Crippen LogP contribution in [0.15, 0.2) is 49.1 Å². The second-order valence-corrected chi connectivity index (χ2v) is 5.67. The van der Waals surface area contributed by atoms with E-state index in [1.54, 1.807) is 0 Å². The molecule has 2 nitrogen and oxygen atoms in total. The molecule has 2 rings (SSSR count). The second kappa shape index (κ2) is 9.46. The highest BCUT2D eigenvalue weighted by atomic mass is 14.9. The van der Waals surface area contributed by atoms with Gasteiger partial charge in [-0.2, -0.15) is 0 Å². The average Bonchev–Trinajstić information content (AvgIpc) is 3.14. The highest BCUT2D eigenvalue weighted by molar-refractivity contribution is 4.90. The Bertz CT molecular complexity index is 372. The van der Waals surface area contributed by atoms with Gasteiger partial charge in [0.25, 0.3) is 0 Å². The predicted molar refractivity (Wildman–Crippen MR) is 85.8 cm³/mol. The smallest absolute Gasteiger partial charge is 0.0219 e. The molecule has 2 heteroatoms. The van der Waals surface area contributed by atoms with Gasteiger partial charge >= 0.3 is 0 Å². The second-order valence-electron chi connectivity index (χ2n) is 5.67. The van der Waals surface area contributed by atoms with Crippen LogP contribution in [-0.2, 0) is 13.1 Å². The van der Waals surface area contributed by atoms with Crippen LogP contribution in [0.5, 0.6) is 0 Å². The fourth-order valence-electron chi connectivity index (χ4n) is 2.69. The fourth-order valence-corrected chi connectivity index (χ4v) is 2.69. The molecule has 0 atom stereocenters. The fraction of sp³-hybridized carbons (Fsp3) is 0.556. The van der Waals surface area contributed by atoms with Crippen LogP contribution in [0.4, 0.5) is 0 Å². The summed E-state index contributed by atoms with van der Waals surface area (Å²) in [4.78, 5) is 0. The molecule has 0 saturated heterocycles. The average molecular weight is 272 g/mol. The van der Waals surface area contributed by atoms with E-state index >= 15 is 0 Å². The van der Waals surface area contributed by atoms with Gasteiger partial charge in [-0.3, -0.25) is 0 Å². The summed E-state index contributed by atoms with van der Waals surface area (Å²) in [6, 6.07) is 8.42. The molecule has 0 aliphatic carbocycles. The van der Waals surface area contributed by atoms with Crippen molar-refractivity contribution in [3.8, 4) is 0 Å². The highest BCUT2D eigenvalue weighted by Gasteiger charge is 1.94. The van der Waals surface area contributed by atoms with Crippen molar-refractivity contribution in [1.82, 2.24) is 9.13 Å². The predicted octanol–water partition coefficient (Wildman–Crippen LogP) is 5.11. The Hall–Kier alpha value is -1.44. The van der Waals surface area contributed by atoms with Gasteiger partial charge in [-0.1, -0.05) is 38.5 Å². The summed E-state index contributed by atoms with van der Waals surface area (Å²) in [5.74, 6) is 0. The molecular weight excluding hydrogens is 244 g/mol. The first-order valence-corrected chi connectivity index (χ1v) is 8.17. The Morgan fingerprint density at radius 3 is 1.05 bits per heavy atom. The van der Waals surface area contributed by atoms with Crippen molar-refractivity contribution >= 4 is 0 Å². The van der Waals surface area contributed by atoms with E-state index in [9.17, 15) is 0 Å². The summed E-state index contributed by atoms with van der Waals surface area (Å²) in [6.45, 7) is 2.37. The van der Waals surface area contributed by atoms with Crippen molar-refractivity contribution in [3.05, 3.63) is 49.1 Å². The molecule has 0 amide bonds. The molecule has 0 unspecified atom stereocenters. The Morgan fingerprint density at radius 1 is 0.400 bits per heavy atom. The minimum atomic E-state index is 1.18. The number of hydrogen-bond acceptors (Lipinski definition) is 0. The molecule has 0 saturated carbocycles. The van der Waals surface area contributed by atoms with Crippen LogP contribution in [0.3, 0.4) is 0 Å². The zero-order chi connectivity index (χ0) is 13.9. The molecule has 0 bridgehead atoms. The van der Waals surface area contributed by atoms with E-state index in [4.69, 9.17) is 0 Å². The van der Waals surface area contributed by atoms with Crippen LogP contribution >= 0.6 is 0 Å². The minimum Gasteiger partial charge on any atom is -0.354 e. The lowest BCUT2D eigenvalue weighted by Gasteiger charge is -2.04. The first-order chi connectivity index (χ1) is 9.95. The first-order valence-electron chi connectivity index (χ1n) is 8.17. The molecule has 110 valence electrons. The van der Waals surface area contributed by atoms with Crippen molar-refractivity contribution in [2.75, 3.05) is 0 Å². The van der Waals surface area contributed by atoms with Crippen LogP contribution in [0.1, 0.15) is 51.4 Å². The summed E-state index contributed by atoms with van der Waals surface area (Å²) >= 11 is 0. The third kappa shape index (κ3) is 6.14. The van der Waals surface area contributed by atoms with E-state index < -0.39 is 0 Å². The topological polar surface area (TPSA) is 9.86 Å². The zero-order valence-corrected chi connectivity index (χ0v) is 12.6. The van der Waals surface area contributed by atoms with Gasteiger partial charge in [-0.05, 0) is 37.1 Å². The van der Waals surface area contributed by atoms with Crippen LogP contribution in [0, 0.1) is 0 Å². The number of aryl methyl sites for hydroxylation is 2. The maximum absolute atomic E-state index is 2.28. The van der Waals surface area contributed by atoms with Crippen LogP contribution in [0.2, 0.25) is 0 Å². The summed E-state index contributed by atoms with van der Waals surface area (Å²) < 4.78 is 4.56. The summed E-state index contributed by atoms with van der Waals surface area (Å²) in [5, 5.41) is 0. The Morgan fingerprint density at radius 2 is 0.700 bits per heavy atom. The Balaban J connectivity index is 1.33. The number of hydrogen-bond donors (Lipinski definition) is 0. The lowest BCUT2D eigenvalue weighted by atomic mass is 10.1. The Kier molecular flexibility index (Phi) is 7.08. The molecule has 0 radical (unpaired) electrons. The van der Waals surface area contributed by atoms with Crippen molar-refractivity contribution in [2.24, 2.45) is 0 Å². The molecule has 2 aromatic rings. The lowest BCUT2D eigenvalue weighted by molar-refractivity contribution is 0.527. The summed E-state index contributed by atoms with van der Waals surface area (Å²) in [5.41, 5.74) is 0. The quantitative estimate of drug-likeness (QED) is 0.503. The van der Waals surface area contributed by atoms with Crippen molar-refractivity contribution < 1.29 is 0 Å². The van der Waals surface area contributed by atoms with Crippen LogP contribution in [-0.4, -0.2) is 9.13 Å². The normalized spacial score (nSPS) is 11.0. The van der Waals surface area contributed by atoms with Crippen molar-refractivity contribution in [1.29, 1.82) is 0 Å². The van der Waals surface area contributed by atoms with E-state index in [0.29, 0.717) is 0 Å². The van der Waals surface area contributed by atoms with Gasteiger partial charge in [-0.15, -0.1) is 0 Å². The van der Waals surface area contributed by atoms with Crippen LogP contribution in [0.25, 0.3) is 0 Å². The number of rotatable bonds is 11. The molecule has 0 N–H and O–H groups in total. The van der Waals surface area contributed by atoms with E-state index in [1.165, 1.54) is 64.5 Å². The highest BCUT2D eigenvalue weighted by Crippen LogP contribution is 2.10. The van der Waals surface area contributed by atoms with Crippen LogP contribution < -0.4 is 0 Å². The van der Waals surface area contributed by atoms with E-state index in [1.807, 2.05) is 0 Å². The third-order valence-electron chi connectivity index (χ3n) is 3.92. The molecule has 2 heterocycles. The van der Waals surface area contributed by atoms with E-state index in [0.717, 1.165) is 0 Å². The van der Waals surface area contributed by atoms with E-state index in [-0.39, 0.29) is 0 Å². The van der Waals surface area contributed by atoms with Crippen molar-refractivity contribution in [3.63, 3.8) is 0 Å². The van der Waals surface area contributed by atoms with E-state index in [2.05, 4.69) is 58.2 Å². The standard InChI is InChI=1S/C18H28N2/c1(3-5-7-13-19-15-9-10-16-19)2-4-6-8-14-20-17-11-12-18-20/h9-12,15-18H,1-8,13-14H2. The van der Waals surface area contributed by atoms with Gasteiger partial charge < -0.3 is 9.13 Å². The minimum absolute atomic E-state index is 1.18. The molecule has 0 aliphatic rings. The molecule has 0 aromatic carbocycles. The lowest BCUT2D eigenvalue weighted by Crippen LogP contribution is -1.94. The molecule has 0 fully saturated rings. The summed E-state index contributed by atoms with van der Waals surface area (Å²) in [7, 11) is 0. The maximum atomic E-state index is 2.28. The van der Waals surface area contributed by atoms with Gasteiger partial charge in [0.15, 0.2) is 0 Å². The third-order valence-corrected chi connectivity index (χ3v) is 3.92. The van der Waals surface area contributed by atoms with Crippen molar-refractivity contribution in [2.45, 2.75) is 64.5 Å². The molecule has 0 spiro atoms. The first kappa shape index (κ1) is 15.0. The van der Waals surface area contributed by atoms with Gasteiger partial charge in [0.2, 0.25) is 0 Å². The maximum Gasteiger partial charge on any atom is 0.0219 e. The number of unbranched alkanes of at least 4 members (excludes halogenated alkanes) is 7. The molecule has 20 heavy (non-hydrogen) atoms. The zero-order valence-electron chi connectivity index (χ0n) is 12.6. The molecule has 2 aromatic heterocycles. The number of aromatic nitrogens is 2. The molecular formula is C18H28N2. The SMILES string of the molecule is c1ccn(CCCCCCCCCCn2cccc2)c1. The van der Waals surface area contributed by atoms with Gasteiger partial charge in [0.1, 0.15) is 0 Å². The largest absolute Gasteiger partial charge is 0.354 e. The number of nitrogens with zero attached hydrogens (tertiary/aromatic N) is 2.